The van der Waals surface area contributed by atoms with Crippen molar-refractivity contribution in [1.82, 2.24) is 9.97 Å². The molecule has 1 aromatic heterocycles. The van der Waals surface area contributed by atoms with E-state index in [0.717, 1.165) is 21.4 Å². The van der Waals surface area contributed by atoms with Crippen LogP contribution in [0, 0.1) is 0 Å². The van der Waals surface area contributed by atoms with Crippen molar-refractivity contribution in [3.63, 3.8) is 0 Å². The Morgan fingerprint density at radius 2 is 2.27 bits per heavy atom. The van der Waals surface area contributed by atoms with Gasteiger partial charge >= 0.3 is 0 Å². The van der Waals surface area contributed by atoms with Gasteiger partial charge in [0.25, 0.3) is 0 Å². The predicted octanol–water partition coefficient (Wildman–Crippen LogP) is -0.0611. The van der Waals surface area contributed by atoms with E-state index in [0.29, 0.717) is 0 Å². The molecule has 0 atom stereocenters. The quantitative estimate of drug-likeness (QED) is 0.418. The van der Waals surface area contributed by atoms with Crippen molar-refractivity contribution in [3.8, 4) is 0 Å². The summed E-state index contributed by atoms with van der Waals surface area (Å²) in [5.41, 5.74) is 8.26. The second-order valence-electron chi connectivity index (χ2n) is 2.40. The number of hydrogen-bond acceptors (Lipinski definition) is 2. The Kier molecular flexibility index (Phi) is 1.38. The molecule has 0 aliphatic heterocycles. The van der Waals surface area contributed by atoms with Gasteiger partial charge in [-0.1, -0.05) is 0 Å². The van der Waals surface area contributed by atoms with Gasteiger partial charge in [-0.2, -0.15) is 0 Å². The van der Waals surface area contributed by atoms with E-state index in [-0.39, 0.29) is 0 Å². The minimum Gasteiger partial charge on any atom is -0.399 e. The van der Waals surface area contributed by atoms with Gasteiger partial charge in [-0.3, -0.25) is 4.98 Å². The summed E-state index contributed by atoms with van der Waals surface area (Å²) < 4.78 is 0.839. The molecular formula is C7H6AlN3. The molecule has 2 rings (SSSR count). The molecule has 0 spiro atoms. The van der Waals surface area contributed by atoms with Gasteiger partial charge in [0.15, 0.2) is 0 Å². The lowest BCUT2D eigenvalue weighted by atomic mass is 10.3. The molecule has 2 radical (unpaired) electrons. The van der Waals surface area contributed by atoms with Crippen LogP contribution in [0.25, 0.3) is 11.0 Å². The molecule has 0 fully saturated rings. The number of nitrogens with two attached hydrogens (primary N) is 1. The summed E-state index contributed by atoms with van der Waals surface area (Å²) in [6.45, 7) is 0. The van der Waals surface area contributed by atoms with E-state index in [9.17, 15) is 0 Å². The van der Waals surface area contributed by atoms with Crippen LogP contribution in [0.1, 0.15) is 0 Å². The van der Waals surface area contributed by atoms with Gasteiger partial charge in [-0.15, -0.1) is 0 Å². The molecule has 0 aliphatic rings. The normalized spacial score (nSPS) is 10.5. The van der Waals surface area contributed by atoms with Crippen molar-refractivity contribution in [1.29, 1.82) is 0 Å². The van der Waals surface area contributed by atoms with Crippen LogP contribution < -0.4 is 10.4 Å². The Bertz CT molecular complexity index is 393. The standard InChI is InChI=1S/C7H6N3.Al/c8-5-1-2-6-7(3-5)10-4-9-6;/h1-3H,8H2,(H,9,10);. The molecule has 0 aliphatic carbocycles. The maximum absolute atomic E-state index is 5.58. The number of hydrogen-bond donors (Lipinski definition) is 2. The van der Waals surface area contributed by atoms with Crippen molar-refractivity contribution in [2.75, 3.05) is 5.73 Å². The van der Waals surface area contributed by atoms with Crippen LogP contribution in [0.2, 0.25) is 0 Å². The zero-order chi connectivity index (χ0) is 7.84. The Hall–Kier alpha value is -0.978. The summed E-state index contributed by atoms with van der Waals surface area (Å²) >= 11 is 2.51. The molecule has 52 valence electrons. The molecule has 2 aromatic rings. The molecule has 3 N–H and O–H groups in total. The van der Waals surface area contributed by atoms with Crippen LogP contribution in [-0.2, 0) is 0 Å². The predicted molar refractivity (Wildman–Crippen MR) is 45.9 cm³/mol. The van der Waals surface area contributed by atoms with Gasteiger partial charge in [0.2, 0.25) is 16.3 Å². The Labute approximate surface area is 72.0 Å². The first-order valence-electron chi connectivity index (χ1n) is 3.26. The van der Waals surface area contributed by atoms with Crippen molar-refractivity contribution < 1.29 is 0 Å². The number of anilines is 1. The van der Waals surface area contributed by atoms with Crippen molar-refractivity contribution >= 4 is 37.7 Å². The lowest BCUT2D eigenvalue weighted by Gasteiger charge is -1.89. The number of benzene rings is 1. The number of fused-ring (bicyclic) bond motifs is 1. The van der Waals surface area contributed by atoms with E-state index < -0.39 is 0 Å². The van der Waals surface area contributed by atoms with E-state index >= 15 is 0 Å². The molecule has 0 saturated heterocycles. The van der Waals surface area contributed by atoms with Crippen LogP contribution in [0.4, 0.5) is 5.69 Å². The highest BCUT2D eigenvalue weighted by Crippen LogP contribution is 2.11. The Morgan fingerprint density at radius 1 is 1.45 bits per heavy atom. The van der Waals surface area contributed by atoms with E-state index in [1.807, 2.05) is 18.2 Å². The molecule has 1 aromatic carbocycles. The Morgan fingerprint density at radius 3 is 3.09 bits per heavy atom. The maximum Gasteiger partial charge on any atom is 0.240 e. The lowest BCUT2D eigenvalue weighted by Crippen LogP contribution is -2.04. The second-order valence-corrected chi connectivity index (χ2v) is 2.95. The van der Waals surface area contributed by atoms with Crippen LogP contribution >= 0.6 is 0 Å². The number of nitrogens with one attached hydrogen (secondary N) is 1. The highest BCUT2D eigenvalue weighted by Gasteiger charge is 1.96. The number of imidazole rings is 1. The zero-order valence-electron chi connectivity index (χ0n) is 5.83. The smallest absolute Gasteiger partial charge is 0.240 e. The SMILES string of the molecule is Nc1ccc2n[c]([Al])[nH]c2c1. The third kappa shape index (κ3) is 1.11. The molecule has 0 amide bonds. The van der Waals surface area contributed by atoms with Crippen molar-refractivity contribution in [2.24, 2.45) is 0 Å². The summed E-state index contributed by atoms with van der Waals surface area (Å²) in [6, 6.07) is 5.61. The van der Waals surface area contributed by atoms with Crippen molar-refractivity contribution in [3.05, 3.63) is 18.2 Å². The molecule has 11 heavy (non-hydrogen) atoms. The minimum absolute atomic E-state index is 0.756. The van der Waals surface area contributed by atoms with Gasteiger partial charge in [-0.25, -0.2) is 0 Å². The molecule has 0 saturated carbocycles. The highest BCUT2D eigenvalue weighted by atomic mass is 27.0. The number of H-pyrrole nitrogens is 1. The van der Waals surface area contributed by atoms with Crippen LogP contribution in [-0.4, -0.2) is 26.3 Å². The fourth-order valence-corrected chi connectivity index (χ4v) is 1.34. The summed E-state index contributed by atoms with van der Waals surface area (Å²) in [4.78, 5) is 7.28. The average molecular weight is 159 g/mol. The first-order valence-corrected chi connectivity index (χ1v) is 3.84. The summed E-state index contributed by atoms with van der Waals surface area (Å²) in [6.07, 6.45) is 0. The third-order valence-electron chi connectivity index (χ3n) is 1.52. The fourth-order valence-electron chi connectivity index (χ4n) is 1.05. The second kappa shape index (κ2) is 2.26. The monoisotopic (exact) mass is 159 g/mol. The van der Waals surface area contributed by atoms with Gasteiger partial charge in [0.1, 0.15) is 0 Å². The first kappa shape index (κ1) is 6.72. The van der Waals surface area contributed by atoms with Gasteiger partial charge in [0.05, 0.1) is 11.0 Å². The van der Waals surface area contributed by atoms with E-state index in [2.05, 4.69) is 26.3 Å². The van der Waals surface area contributed by atoms with Gasteiger partial charge < -0.3 is 10.7 Å². The van der Waals surface area contributed by atoms with E-state index in [4.69, 9.17) is 5.73 Å². The van der Waals surface area contributed by atoms with Crippen LogP contribution in [0.15, 0.2) is 18.2 Å². The first-order chi connectivity index (χ1) is 5.25. The molecule has 0 unspecified atom stereocenters. The third-order valence-corrected chi connectivity index (χ3v) is 1.80. The number of aromatic amines is 1. The molecule has 4 heteroatoms. The zero-order valence-corrected chi connectivity index (χ0v) is 6.99. The lowest BCUT2D eigenvalue weighted by molar-refractivity contribution is 1.44. The fraction of sp³-hybridized carbons (Fsp3) is 0. The minimum atomic E-state index is 0.756. The number of aromatic nitrogens is 2. The van der Waals surface area contributed by atoms with E-state index in [1.165, 1.54) is 0 Å². The van der Waals surface area contributed by atoms with Crippen molar-refractivity contribution in [2.45, 2.75) is 0 Å². The van der Waals surface area contributed by atoms with E-state index in [1.54, 1.807) is 0 Å². The Balaban J connectivity index is 2.82. The average Bonchev–Trinajstić information content (AvgIpc) is 2.27. The summed E-state index contributed by atoms with van der Waals surface area (Å²) in [7, 11) is 0. The maximum atomic E-state index is 5.58. The number of rotatable bonds is 0. The van der Waals surface area contributed by atoms with Gasteiger partial charge in [-0.05, 0) is 22.9 Å². The highest BCUT2D eigenvalue weighted by molar-refractivity contribution is 6.30. The molecule has 1 heterocycles. The van der Waals surface area contributed by atoms with Crippen LogP contribution in [0.5, 0.6) is 0 Å². The summed E-state index contributed by atoms with van der Waals surface area (Å²) in [5.74, 6) is 0. The number of nitrogens with zero attached hydrogens (tertiary/aromatic N) is 1. The van der Waals surface area contributed by atoms with Crippen LogP contribution in [0.3, 0.4) is 0 Å². The van der Waals surface area contributed by atoms with Gasteiger partial charge in [0, 0.05) is 5.69 Å². The molecule has 3 nitrogen and oxygen atoms in total. The number of nitrogen functional groups attached to an aromatic ring is 1. The topological polar surface area (TPSA) is 54.7 Å². The largest absolute Gasteiger partial charge is 0.399 e. The molecule has 0 bridgehead atoms. The molecular weight excluding hydrogens is 153 g/mol. The summed E-state index contributed by atoms with van der Waals surface area (Å²) in [5, 5.41) is 0.